The van der Waals surface area contributed by atoms with E-state index >= 15 is 0 Å². The van der Waals surface area contributed by atoms with Crippen LogP contribution in [-0.4, -0.2) is 61.0 Å². The second-order valence-corrected chi connectivity index (χ2v) is 11.4. The Morgan fingerprint density at radius 2 is 1.31 bits per heavy atom. The van der Waals surface area contributed by atoms with Gasteiger partial charge >= 0.3 is 18.0 Å². The molecular formula is C37H35N3O8. The van der Waals surface area contributed by atoms with E-state index in [1.807, 2.05) is 24.3 Å². The summed E-state index contributed by atoms with van der Waals surface area (Å²) in [5, 5.41) is 36.4. The molecule has 0 spiro atoms. The maximum Gasteiger partial charge on any atom is 0.408 e. The van der Waals surface area contributed by atoms with Gasteiger partial charge in [0.15, 0.2) is 5.54 Å². The number of nitrogens with one attached hydrogen (secondary N) is 2. The van der Waals surface area contributed by atoms with Crippen LogP contribution in [0.1, 0.15) is 22.3 Å². The standard InChI is InChI=1S/C37H35N3O8/c41-33(32(21-28-23-38-31-19-11-10-18-29(28)31)39-36(46)48-24-27-16-8-3-9-17-27)40(47)37(35(44)45,22-26-14-6-2-7-15-26)30(34(42)43)20-25-12-4-1-5-13-25/h1-19,23,30,32,38,47H,20-22,24H2,(H,39,46)(H,42,43)(H,44,45)/t30?,32-,37-/m0/s1. The molecule has 0 radical (unpaired) electrons. The SMILES string of the molecule is O=C(N[C@@H](Cc1c[nH]c2ccccc12)C(=O)N(O)[C@](Cc1ccccc1)(C(=O)O)C(Cc1ccccc1)C(=O)O)OCc1ccccc1. The van der Waals surface area contributed by atoms with E-state index in [1.54, 1.807) is 97.2 Å². The van der Waals surface area contributed by atoms with Crippen molar-refractivity contribution in [3.05, 3.63) is 144 Å². The number of aromatic amines is 1. The molecule has 5 rings (SSSR count). The van der Waals surface area contributed by atoms with Crippen LogP contribution in [0.5, 0.6) is 0 Å². The second kappa shape index (κ2) is 15.1. The number of benzene rings is 4. The van der Waals surface area contributed by atoms with Gasteiger partial charge in [0.2, 0.25) is 0 Å². The maximum atomic E-state index is 14.4. The van der Waals surface area contributed by atoms with Crippen LogP contribution in [0.2, 0.25) is 0 Å². The van der Waals surface area contributed by atoms with Gasteiger partial charge in [-0.15, -0.1) is 0 Å². The molecule has 1 heterocycles. The number of H-pyrrole nitrogens is 1. The third-order valence-electron chi connectivity index (χ3n) is 8.33. The van der Waals surface area contributed by atoms with Crippen molar-refractivity contribution >= 4 is 34.8 Å². The largest absolute Gasteiger partial charge is 0.481 e. The highest BCUT2D eigenvalue weighted by atomic mass is 16.6. The lowest BCUT2D eigenvalue weighted by Gasteiger charge is -2.41. The fourth-order valence-electron chi connectivity index (χ4n) is 5.85. The summed E-state index contributed by atoms with van der Waals surface area (Å²) in [5.41, 5.74) is 0.187. The lowest BCUT2D eigenvalue weighted by atomic mass is 9.75. The van der Waals surface area contributed by atoms with E-state index in [4.69, 9.17) is 4.74 Å². The third-order valence-corrected chi connectivity index (χ3v) is 8.33. The summed E-state index contributed by atoms with van der Waals surface area (Å²) < 4.78 is 5.37. The summed E-state index contributed by atoms with van der Waals surface area (Å²) in [5.74, 6) is -6.31. The van der Waals surface area contributed by atoms with E-state index in [-0.39, 0.29) is 24.5 Å². The van der Waals surface area contributed by atoms with Crippen LogP contribution in [0.15, 0.2) is 121 Å². The number of rotatable bonds is 14. The van der Waals surface area contributed by atoms with Crippen molar-refractivity contribution in [3.8, 4) is 0 Å². The van der Waals surface area contributed by atoms with E-state index < -0.39 is 47.9 Å². The Hall–Kier alpha value is -5.94. The Balaban J connectivity index is 1.54. The first kappa shape index (κ1) is 33.4. The normalized spacial score (nSPS) is 13.5. The number of carbonyl (C=O) groups excluding carboxylic acids is 2. The number of nitrogens with zero attached hydrogens (tertiary/aromatic N) is 1. The molecule has 11 nitrogen and oxygen atoms in total. The molecule has 5 N–H and O–H groups in total. The van der Waals surface area contributed by atoms with Crippen LogP contribution in [0.4, 0.5) is 4.79 Å². The Kier molecular flexibility index (Phi) is 10.5. The van der Waals surface area contributed by atoms with Crippen molar-refractivity contribution in [1.82, 2.24) is 15.4 Å². The summed E-state index contributed by atoms with van der Waals surface area (Å²) in [6.45, 7) is -0.116. The van der Waals surface area contributed by atoms with Crippen molar-refractivity contribution < 1.29 is 39.3 Å². The molecular weight excluding hydrogens is 614 g/mol. The molecule has 4 aromatic carbocycles. The number of carbonyl (C=O) groups is 4. The smallest absolute Gasteiger partial charge is 0.408 e. The number of fused-ring (bicyclic) bond motifs is 1. The van der Waals surface area contributed by atoms with Crippen LogP contribution < -0.4 is 5.32 Å². The number of aliphatic carboxylic acids is 2. The number of hydrogen-bond donors (Lipinski definition) is 5. The average Bonchev–Trinajstić information content (AvgIpc) is 3.51. The maximum absolute atomic E-state index is 14.4. The minimum absolute atomic E-state index is 0.0129. The zero-order valence-corrected chi connectivity index (χ0v) is 25.9. The Morgan fingerprint density at radius 1 is 0.750 bits per heavy atom. The number of carboxylic acids is 2. The molecule has 11 heteroatoms. The van der Waals surface area contributed by atoms with Gasteiger partial charge in [0.05, 0.1) is 5.92 Å². The van der Waals surface area contributed by atoms with Gasteiger partial charge in [-0.25, -0.2) is 14.7 Å². The zero-order valence-electron chi connectivity index (χ0n) is 25.9. The van der Waals surface area contributed by atoms with Crippen LogP contribution in [0.25, 0.3) is 10.9 Å². The topological polar surface area (TPSA) is 169 Å². The molecule has 0 saturated heterocycles. The Bertz CT molecular complexity index is 1860. The number of para-hydroxylation sites is 1. The first-order valence-corrected chi connectivity index (χ1v) is 15.3. The first-order valence-electron chi connectivity index (χ1n) is 15.3. The predicted octanol–water partition coefficient (Wildman–Crippen LogP) is 5.23. The van der Waals surface area contributed by atoms with Gasteiger partial charge in [0, 0.05) is 29.9 Å². The fourth-order valence-corrected chi connectivity index (χ4v) is 5.85. The summed E-state index contributed by atoms with van der Waals surface area (Å²) in [4.78, 5) is 56.9. The molecule has 0 aliphatic rings. The van der Waals surface area contributed by atoms with Crippen molar-refractivity contribution in [3.63, 3.8) is 0 Å². The molecule has 0 aliphatic carbocycles. The van der Waals surface area contributed by atoms with Crippen LogP contribution in [-0.2, 0) is 45.0 Å². The molecule has 48 heavy (non-hydrogen) atoms. The van der Waals surface area contributed by atoms with Crippen molar-refractivity contribution in [1.29, 1.82) is 0 Å². The molecule has 0 aliphatic heterocycles. The van der Waals surface area contributed by atoms with Gasteiger partial charge in [-0.3, -0.25) is 14.8 Å². The summed E-state index contributed by atoms with van der Waals surface area (Å²) >= 11 is 0. The van der Waals surface area contributed by atoms with E-state index in [1.165, 1.54) is 0 Å². The van der Waals surface area contributed by atoms with Crippen LogP contribution in [0.3, 0.4) is 0 Å². The van der Waals surface area contributed by atoms with Crippen LogP contribution >= 0.6 is 0 Å². The number of ether oxygens (including phenoxy) is 1. The lowest BCUT2D eigenvalue weighted by Crippen LogP contribution is -2.66. The van der Waals surface area contributed by atoms with E-state index in [9.17, 15) is 34.6 Å². The molecule has 246 valence electrons. The fraction of sp³-hybridized carbons (Fsp3) is 0.189. The minimum Gasteiger partial charge on any atom is -0.481 e. The van der Waals surface area contributed by atoms with Crippen molar-refractivity contribution in [2.45, 2.75) is 37.5 Å². The van der Waals surface area contributed by atoms with Crippen molar-refractivity contribution in [2.24, 2.45) is 5.92 Å². The minimum atomic E-state index is -2.70. The third kappa shape index (κ3) is 7.54. The number of carboxylic acid groups (broad SMARTS) is 2. The molecule has 0 bridgehead atoms. The quantitative estimate of drug-likeness (QED) is 0.0804. The summed E-state index contributed by atoms with van der Waals surface area (Å²) in [7, 11) is 0. The molecule has 2 amide bonds. The van der Waals surface area contributed by atoms with E-state index in [0.29, 0.717) is 22.3 Å². The number of hydroxylamine groups is 2. The van der Waals surface area contributed by atoms with Gasteiger partial charge in [0.1, 0.15) is 12.6 Å². The number of aromatic nitrogens is 1. The number of alkyl carbamates (subject to hydrolysis) is 1. The molecule has 1 aromatic heterocycles. The summed E-state index contributed by atoms with van der Waals surface area (Å²) in [6.07, 6.45) is -0.397. The van der Waals surface area contributed by atoms with Crippen LogP contribution in [0, 0.1) is 5.92 Å². The highest BCUT2D eigenvalue weighted by Crippen LogP contribution is 2.34. The molecule has 5 aromatic rings. The van der Waals surface area contributed by atoms with Gasteiger partial charge in [-0.2, -0.15) is 0 Å². The molecule has 1 unspecified atom stereocenters. The van der Waals surface area contributed by atoms with Gasteiger partial charge in [-0.1, -0.05) is 109 Å². The molecule has 3 atom stereocenters. The second-order valence-electron chi connectivity index (χ2n) is 11.4. The molecule has 0 fully saturated rings. The Labute approximate surface area is 276 Å². The van der Waals surface area contributed by atoms with Crippen molar-refractivity contribution in [2.75, 3.05) is 0 Å². The monoisotopic (exact) mass is 649 g/mol. The van der Waals surface area contributed by atoms with Gasteiger partial charge in [-0.05, 0) is 34.7 Å². The number of hydrogen-bond acceptors (Lipinski definition) is 6. The van der Waals surface area contributed by atoms with E-state index in [0.717, 1.165) is 10.9 Å². The summed E-state index contributed by atoms with van der Waals surface area (Å²) in [6, 6.07) is 31.1. The van der Waals surface area contributed by atoms with Gasteiger partial charge in [0.25, 0.3) is 5.91 Å². The first-order chi connectivity index (χ1) is 23.2. The lowest BCUT2D eigenvalue weighted by molar-refractivity contribution is -0.218. The van der Waals surface area contributed by atoms with E-state index in [2.05, 4.69) is 10.3 Å². The molecule has 0 saturated carbocycles. The predicted molar refractivity (Wildman–Crippen MR) is 176 cm³/mol. The zero-order chi connectivity index (χ0) is 34.1. The number of amides is 2. The van der Waals surface area contributed by atoms with Gasteiger partial charge < -0.3 is 25.3 Å². The highest BCUT2D eigenvalue weighted by Gasteiger charge is 2.57. The highest BCUT2D eigenvalue weighted by molar-refractivity contribution is 5.95. The Morgan fingerprint density at radius 3 is 1.92 bits per heavy atom. The average molecular weight is 650 g/mol.